The zero-order valence-corrected chi connectivity index (χ0v) is 23.1. The minimum Gasteiger partial charge on any atom is -0.382 e. The molecule has 0 spiro atoms. The first-order valence-electron chi connectivity index (χ1n) is 13.5. The highest BCUT2D eigenvalue weighted by Gasteiger charge is 2.22. The van der Waals surface area contributed by atoms with Crippen LogP contribution in [0.4, 0.5) is 11.4 Å². The van der Waals surface area contributed by atoms with Gasteiger partial charge in [-0.15, -0.1) is 0 Å². The van der Waals surface area contributed by atoms with Crippen molar-refractivity contribution in [2.75, 3.05) is 23.3 Å². The summed E-state index contributed by atoms with van der Waals surface area (Å²) in [6, 6.07) is 15.6. The maximum atomic E-state index is 4.32. The monoisotopic (exact) mass is 483 g/mol. The van der Waals surface area contributed by atoms with E-state index >= 15 is 0 Å². The lowest BCUT2D eigenvalue weighted by Gasteiger charge is -2.28. The van der Waals surface area contributed by atoms with Crippen molar-refractivity contribution in [3.63, 3.8) is 0 Å². The molecule has 0 atom stereocenters. The number of hydrogen-bond acceptors (Lipinski definition) is 3. The van der Waals surface area contributed by atoms with Gasteiger partial charge < -0.3 is 15.5 Å². The van der Waals surface area contributed by atoms with E-state index in [-0.39, 0.29) is 0 Å². The second-order valence-electron chi connectivity index (χ2n) is 10.2. The minimum atomic E-state index is 0.605. The molecule has 0 heterocycles. The summed E-state index contributed by atoms with van der Waals surface area (Å²) in [6.07, 6.45) is 10.1. The second-order valence-corrected chi connectivity index (χ2v) is 10.2. The molecule has 0 amide bonds. The van der Waals surface area contributed by atoms with Gasteiger partial charge in [0.1, 0.15) is 0 Å². The Morgan fingerprint density at radius 3 is 2.03 bits per heavy atom. The third kappa shape index (κ3) is 7.91. The molecule has 36 heavy (non-hydrogen) atoms. The number of anilines is 2. The third-order valence-electron chi connectivity index (χ3n) is 6.77. The highest BCUT2D eigenvalue weighted by molar-refractivity contribution is 5.78. The Bertz CT molecular complexity index is 1090. The van der Waals surface area contributed by atoms with Crippen LogP contribution in [0.25, 0.3) is 5.70 Å². The Balaban J connectivity index is 0.000000383. The first-order chi connectivity index (χ1) is 17.3. The molecule has 2 N–H and O–H groups in total. The molecule has 0 unspecified atom stereocenters. The van der Waals surface area contributed by atoms with Gasteiger partial charge in [0.2, 0.25) is 0 Å². The summed E-state index contributed by atoms with van der Waals surface area (Å²) < 4.78 is 0. The second kappa shape index (κ2) is 13.2. The van der Waals surface area contributed by atoms with Crippen LogP contribution in [0, 0.1) is 13.8 Å². The van der Waals surface area contributed by atoms with Crippen LogP contribution < -0.4 is 15.5 Å². The van der Waals surface area contributed by atoms with Gasteiger partial charge >= 0.3 is 0 Å². The Labute approximate surface area is 219 Å². The normalized spacial score (nSPS) is 14.2. The van der Waals surface area contributed by atoms with Crippen molar-refractivity contribution in [3.8, 4) is 0 Å². The fourth-order valence-electron chi connectivity index (χ4n) is 4.32. The summed E-state index contributed by atoms with van der Waals surface area (Å²) in [5.74, 6) is 0. The lowest BCUT2D eigenvalue weighted by molar-refractivity contribution is 0.745. The van der Waals surface area contributed by atoms with Crippen LogP contribution in [0.3, 0.4) is 0 Å². The number of aryl methyl sites for hydroxylation is 2. The van der Waals surface area contributed by atoms with Crippen LogP contribution in [0.5, 0.6) is 0 Å². The number of allylic oxidation sites excluding steroid dienone is 4. The molecule has 2 aromatic rings. The van der Waals surface area contributed by atoms with Crippen LogP contribution in [-0.2, 0) is 0 Å². The predicted molar refractivity (Wildman–Crippen MR) is 160 cm³/mol. The van der Waals surface area contributed by atoms with Gasteiger partial charge in [0.25, 0.3) is 0 Å². The molecule has 3 nitrogen and oxygen atoms in total. The first kappa shape index (κ1) is 27.4. The molecule has 0 radical (unpaired) electrons. The zero-order chi connectivity index (χ0) is 26.1. The zero-order valence-electron chi connectivity index (χ0n) is 23.1. The lowest BCUT2D eigenvalue weighted by Crippen LogP contribution is -2.26. The van der Waals surface area contributed by atoms with Gasteiger partial charge in [-0.1, -0.05) is 75.1 Å². The van der Waals surface area contributed by atoms with Crippen molar-refractivity contribution in [1.82, 2.24) is 5.32 Å². The van der Waals surface area contributed by atoms with Crippen molar-refractivity contribution in [2.24, 2.45) is 0 Å². The Kier molecular flexibility index (Phi) is 10.0. The van der Waals surface area contributed by atoms with Gasteiger partial charge in [0, 0.05) is 30.5 Å². The van der Waals surface area contributed by atoms with Crippen molar-refractivity contribution in [2.45, 2.75) is 72.8 Å². The summed E-state index contributed by atoms with van der Waals surface area (Å²) in [4.78, 5) is 2.48. The number of hydrogen-bond donors (Lipinski definition) is 2. The molecule has 0 aromatic heterocycles. The van der Waals surface area contributed by atoms with Crippen LogP contribution in [0.2, 0.25) is 0 Å². The van der Waals surface area contributed by atoms with E-state index in [1.807, 2.05) is 0 Å². The molecule has 3 heteroatoms. The quantitative estimate of drug-likeness (QED) is 0.335. The standard InChI is InChI=1S/C25H35N3.C8H10/c1-6-14-28(15-7-2)25-13-10-22(19(4)26-23-11-12-23)17-24(25)27-20(5)21-9-8-18(3)16-21;1-7-5-3-4-6-8(7)2/h8-10,13,17,23,26-27H,4-7,11-12,14-16H2,1-3H3;3-6H,1-2H3. The fourth-order valence-corrected chi connectivity index (χ4v) is 4.32. The SMILES string of the molecule is C=C(Nc1cc(C(=C)NC2CC2)ccc1N(CCC)CCC)C1=CC=C(C)C1.Cc1ccccc1C. The molecule has 0 bridgehead atoms. The summed E-state index contributed by atoms with van der Waals surface area (Å²) in [5, 5.41) is 7.16. The molecule has 192 valence electrons. The highest BCUT2D eigenvalue weighted by atomic mass is 15.1. The average Bonchev–Trinajstić information content (AvgIpc) is 3.57. The molecule has 2 aromatic carbocycles. The number of nitrogens with one attached hydrogen (secondary N) is 2. The van der Waals surface area contributed by atoms with Crippen molar-refractivity contribution < 1.29 is 0 Å². The van der Waals surface area contributed by atoms with Crippen LogP contribution in [-0.4, -0.2) is 19.1 Å². The molecular weight excluding hydrogens is 438 g/mol. The average molecular weight is 484 g/mol. The lowest BCUT2D eigenvalue weighted by atomic mass is 10.1. The largest absolute Gasteiger partial charge is 0.382 e. The molecule has 2 aliphatic rings. The van der Waals surface area contributed by atoms with Gasteiger partial charge in [0.05, 0.1) is 11.4 Å². The molecule has 2 aliphatic carbocycles. The van der Waals surface area contributed by atoms with Crippen molar-refractivity contribution in [3.05, 3.63) is 101 Å². The highest BCUT2D eigenvalue weighted by Crippen LogP contribution is 2.34. The van der Waals surface area contributed by atoms with Gasteiger partial charge in [-0.25, -0.2) is 0 Å². The van der Waals surface area contributed by atoms with E-state index in [4.69, 9.17) is 0 Å². The summed E-state index contributed by atoms with van der Waals surface area (Å²) in [5.41, 5.74) is 10.9. The third-order valence-corrected chi connectivity index (χ3v) is 6.77. The molecule has 0 aliphatic heterocycles. The van der Waals surface area contributed by atoms with E-state index in [9.17, 15) is 0 Å². The maximum Gasteiger partial charge on any atom is 0.0628 e. The number of nitrogens with zero attached hydrogens (tertiary/aromatic N) is 1. The van der Waals surface area contributed by atoms with E-state index in [0.717, 1.165) is 55.0 Å². The Morgan fingerprint density at radius 1 is 0.889 bits per heavy atom. The summed E-state index contributed by atoms with van der Waals surface area (Å²) >= 11 is 0. The maximum absolute atomic E-state index is 4.32. The Morgan fingerprint density at radius 2 is 1.53 bits per heavy atom. The molecule has 1 fully saturated rings. The Hall–Kier alpha value is -3.20. The number of benzene rings is 2. The summed E-state index contributed by atoms with van der Waals surface area (Å²) in [6.45, 7) is 21.6. The van der Waals surface area contributed by atoms with Gasteiger partial charge in [-0.3, -0.25) is 0 Å². The van der Waals surface area contributed by atoms with E-state index in [1.54, 1.807) is 0 Å². The minimum absolute atomic E-state index is 0.605. The van der Waals surface area contributed by atoms with Crippen molar-refractivity contribution in [1.29, 1.82) is 0 Å². The molecule has 4 rings (SSSR count). The van der Waals surface area contributed by atoms with Gasteiger partial charge in [-0.2, -0.15) is 0 Å². The van der Waals surface area contributed by atoms with E-state index in [2.05, 4.69) is 118 Å². The molecule has 1 saturated carbocycles. The molecule has 0 saturated heterocycles. The fraction of sp³-hybridized carbons (Fsp3) is 0.394. The van der Waals surface area contributed by atoms with E-state index < -0.39 is 0 Å². The smallest absolute Gasteiger partial charge is 0.0628 e. The van der Waals surface area contributed by atoms with Crippen LogP contribution >= 0.6 is 0 Å². The van der Waals surface area contributed by atoms with Crippen LogP contribution in [0.1, 0.15) is 69.6 Å². The van der Waals surface area contributed by atoms with Gasteiger partial charge in [0.15, 0.2) is 0 Å². The van der Waals surface area contributed by atoms with E-state index in [0.29, 0.717) is 6.04 Å². The first-order valence-corrected chi connectivity index (χ1v) is 13.5. The van der Waals surface area contributed by atoms with E-state index in [1.165, 1.54) is 40.8 Å². The number of rotatable bonds is 11. The van der Waals surface area contributed by atoms with Crippen LogP contribution in [0.15, 0.2) is 84.6 Å². The predicted octanol–water partition coefficient (Wildman–Crippen LogP) is 8.54. The van der Waals surface area contributed by atoms with Crippen molar-refractivity contribution >= 4 is 17.1 Å². The topological polar surface area (TPSA) is 27.3 Å². The summed E-state index contributed by atoms with van der Waals surface area (Å²) in [7, 11) is 0. The van der Waals surface area contributed by atoms with Gasteiger partial charge in [-0.05, 0) is 87.3 Å². The molecular formula is C33H45N3.